The van der Waals surface area contributed by atoms with Gasteiger partial charge in [0.1, 0.15) is 11.3 Å². The molecule has 6 nitrogen and oxygen atoms in total. The predicted octanol–water partition coefficient (Wildman–Crippen LogP) is 3.80. The highest BCUT2D eigenvalue weighted by molar-refractivity contribution is 6.32. The first-order chi connectivity index (χ1) is 12.9. The van der Waals surface area contributed by atoms with Crippen LogP contribution in [0.5, 0.6) is 5.75 Å². The summed E-state index contributed by atoms with van der Waals surface area (Å²) >= 11 is 5.98. The third-order valence-corrected chi connectivity index (χ3v) is 4.19. The van der Waals surface area contributed by atoms with E-state index >= 15 is 0 Å². The fourth-order valence-electron chi connectivity index (χ4n) is 2.50. The lowest BCUT2D eigenvalue weighted by Gasteiger charge is -2.07. The van der Waals surface area contributed by atoms with E-state index in [2.05, 4.69) is 0 Å². The van der Waals surface area contributed by atoms with E-state index in [0.717, 1.165) is 11.6 Å². The third-order valence-electron chi connectivity index (χ3n) is 3.89. The van der Waals surface area contributed by atoms with Gasteiger partial charge < -0.3 is 13.9 Å². The monoisotopic (exact) mass is 386 g/mol. The number of benzene rings is 2. The average Bonchev–Trinajstić information content (AvgIpc) is 2.66. The number of ether oxygens (including phenoxy) is 2. The zero-order valence-electron chi connectivity index (χ0n) is 14.6. The van der Waals surface area contributed by atoms with E-state index in [0.29, 0.717) is 11.1 Å². The Morgan fingerprint density at radius 1 is 1.11 bits per heavy atom. The molecule has 138 valence electrons. The summed E-state index contributed by atoms with van der Waals surface area (Å²) in [5.74, 6) is -1.19. The molecule has 0 saturated carbocycles. The normalized spacial score (nSPS) is 10.6. The van der Waals surface area contributed by atoms with Crippen LogP contribution in [-0.4, -0.2) is 25.5 Å². The van der Waals surface area contributed by atoms with Gasteiger partial charge in [0, 0.05) is 11.6 Å². The molecule has 0 radical (unpaired) electrons. The molecule has 1 heterocycles. The predicted molar refractivity (Wildman–Crippen MR) is 99.8 cm³/mol. The van der Waals surface area contributed by atoms with Crippen molar-refractivity contribution in [2.24, 2.45) is 0 Å². The molecule has 3 rings (SSSR count). The number of fused-ring (bicyclic) bond motifs is 1. The molecule has 0 atom stereocenters. The van der Waals surface area contributed by atoms with Gasteiger partial charge in [-0.3, -0.25) is 9.59 Å². The highest BCUT2D eigenvalue weighted by atomic mass is 35.5. The minimum atomic E-state index is -0.900. The van der Waals surface area contributed by atoms with E-state index in [1.54, 1.807) is 24.3 Å². The van der Waals surface area contributed by atoms with E-state index in [4.69, 9.17) is 25.5 Å². The lowest BCUT2D eigenvalue weighted by atomic mass is 10.1. The van der Waals surface area contributed by atoms with Gasteiger partial charge in [-0.15, -0.1) is 0 Å². The zero-order valence-corrected chi connectivity index (χ0v) is 15.3. The molecule has 0 spiro atoms. The molecule has 0 bridgehead atoms. The molecule has 1 aromatic heterocycles. The maximum Gasteiger partial charge on any atom is 0.374 e. The molecule has 3 aromatic rings. The summed E-state index contributed by atoms with van der Waals surface area (Å²) in [7, 11) is 1.46. The van der Waals surface area contributed by atoms with Crippen LogP contribution < -0.4 is 10.2 Å². The van der Waals surface area contributed by atoms with E-state index < -0.39 is 18.4 Å². The van der Waals surface area contributed by atoms with Gasteiger partial charge in [0.25, 0.3) is 0 Å². The summed E-state index contributed by atoms with van der Waals surface area (Å²) < 4.78 is 15.4. The van der Waals surface area contributed by atoms with Crippen LogP contribution in [0.1, 0.15) is 26.5 Å². The molecule has 0 aliphatic carbocycles. The highest BCUT2D eigenvalue weighted by Gasteiger charge is 2.17. The Morgan fingerprint density at radius 3 is 2.59 bits per heavy atom. The van der Waals surface area contributed by atoms with E-state index in [1.165, 1.54) is 19.2 Å². The van der Waals surface area contributed by atoms with Crippen LogP contribution in [0.3, 0.4) is 0 Å². The highest BCUT2D eigenvalue weighted by Crippen LogP contribution is 2.25. The second-order valence-electron chi connectivity index (χ2n) is 5.82. The second-order valence-corrected chi connectivity index (χ2v) is 6.23. The lowest BCUT2D eigenvalue weighted by molar-refractivity contribution is 0.0444. The molecular weight excluding hydrogens is 372 g/mol. The SMILES string of the molecule is COc1ccc(C(=O)COC(=O)c2cc(=O)c3cc(C)ccc3o2)cc1Cl. The van der Waals surface area contributed by atoms with Gasteiger partial charge in [0.2, 0.25) is 5.76 Å². The number of hydrogen-bond donors (Lipinski definition) is 0. The number of halogens is 1. The van der Waals surface area contributed by atoms with Gasteiger partial charge in [-0.05, 0) is 37.3 Å². The number of methoxy groups -OCH3 is 1. The molecule has 0 unspecified atom stereocenters. The topological polar surface area (TPSA) is 82.8 Å². The summed E-state index contributed by atoms with van der Waals surface area (Å²) in [5.41, 5.74) is 1.08. The quantitative estimate of drug-likeness (QED) is 0.490. The second kappa shape index (κ2) is 7.63. The molecule has 7 heteroatoms. The van der Waals surface area contributed by atoms with Crippen molar-refractivity contribution >= 4 is 34.3 Å². The summed E-state index contributed by atoms with van der Waals surface area (Å²) in [6, 6.07) is 10.6. The molecular formula is C20H15ClO6. The average molecular weight is 387 g/mol. The zero-order chi connectivity index (χ0) is 19.6. The van der Waals surface area contributed by atoms with Gasteiger partial charge in [-0.2, -0.15) is 0 Å². The Bertz CT molecular complexity index is 1100. The number of Topliss-reactive ketones (excluding diaryl/α,β-unsaturated/α-hetero) is 1. The first-order valence-electron chi connectivity index (χ1n) is 7.97. The largest absolute Gasteiger partial charge is 0.495 e. The number of carbonyl (C=O) groups is 2. The number of aryl methyl sites for hydroxylation is 1. The Morgan fingerprint density at radius 2 is 1.89 bits per heavy atom. The first kappa shape index (κ1) is 18.7. The number of carbonyl (C=O) groups excluding carboxylic acids is 2. The van der Waals surface area contributed by atoms with Crippen LogP contribution in [0, 0.1) is 6.92 Å². The molecule has 27 heavy (non-hydrogen) atoms. The standard InChI is InChI=1S/C20H15ClO6/c1-11-3-5-17-13(7-11)15(22)9-19(27-17)20(24)26-10-16(23)12-4-6-18(25-2)14(21)8-12/h3-9H,10H2,1-2H3. The fraction of sp³-hybridized carbons (Fsp3) is 0.150. The summed E-state index contributed by atoms with van der Waals surface area (Å²) in [6.07, 6.45) is 0. The number of esters is 1. The number of hydrogen-bond acceptors (Lipinski definition) is 6. The van der Waals surface area contributed by atoms with Crippen molar-refractivity contribution in [1.82, 2.24) is 0 Å². The molecule has 2 aromatic carbocycles. The van der Waals surface area contributed by atoms with E-state index in [-0.39, 0.29) is 27.4 Å². The maximum absolute atomic E-state index is 12.2. The van der Waals surface area contributed by atoms with Crippen molar-refractivity contribution in [3.05, 3.63) is 74.6 Å². The van der Waals surface area contributed by atoms with Crippen LogP contribution in [0.4, 0.5) is 0 Å². The molecule has 0 aliphatic heterocycles. The summed E-state index contributed by atoms with van der Waals surface area (Å²) in [4.78, 5) is 36.5. The van der Waals surface area contributed by atoms with Gasteiger partial charge in [0.05, 0.1) is 17.5 Å². The summed E-state index contributed by atoms with van der Waals surface area (Å²) in [6.45, 7) is 1.33. The molecule has 0 fully saturated rings. The van der Waals surface area contributed by atoms with Crippen molar-refractivity contribution in [3.63, 3.8) is 0 Å². The molecule has 0 saturated heterocycles. The van der Waals surface area contributed by atoms with Gasteiger partial charge in [-0.25, -0.2) is 4.79 Å². The van der Waals surface area contributed by atoms with Gasteiger partial charge in [-0.1, -0.05) is 23.2 Å². The van der Waals surface area contributed by atoms with Crippen LogP contribution in [0.2, 0.25) is 5.02 Å². The van der Waals surface area contributed by atoms with Crippen molar-refractivity contribution in [2.45, 2.75) is 6.92 Å². The van der Waals surface area contributed by atoms with Crippen LogP contribution in [0.15, 0.2) is 51.7 Å². The first-order valence-corrected chi connectivity index (χ1v) is 8.35. The lowest BCUT2D eigenvalue weighted by Crippen LogP contribution is -2.16. The van der Waals surface area contributed by atoms with E-state index in [9.17, 15) is 14.4 Å². The van der Waals surface area contributed by atoms with Crippen LogP contribution >= 0.6 is 11.6 Å². The molecule has 0 N–H and O–H groups in total. The maximum atomic E-state index is 12.2. The van der Waals surface area contributed by atoms with Gasteiger partial charge >= 0.3 is 5.97 Å². The Kier molecular flexibility index (Phi) is 5.28. The Labute approximate surface area is 159 Å². The minimum absolute atomic E-state index is 0.267. The van der Waals surface area contributed by atoms with Crippen molar-refractivity contribution in [1.29, 1.82) is 0 Å². The number of rotatable bonds is 5. The minimum Gasteiger partial charge on any atom is -0.495 e. The smallest absolute Gasteiger partial charge is 0.374 e. The van der Waals surface area contributed by atoms with Crippen LogP contribution in [-0.2, 0) is 4.74 Å². The third kappa shape index (κ3) is 4.01. The fourth-order valence-corrected chi connectivity index (χ4v) is 2.75. The van der Waals surface area contributed by atoms with Crippen molar-refractivity contribution in [3.8, 4) is 5.75 Å². The molecule has 0 aliphatic rings. The summed E-state index contributed by atoms with van der Waals surface area (Å²) in [5, 5.41) is 0.640. The van der Waals surface area contributed by atoms with Crippen molar-refractivity contribution in [2.75, 3.05) is 13.7 Å². The van der Waals surface area contributed by atoms with E-state index in [1.807, 2.05) is 6.92 Å². The van der Waals surface area contributed by atoms with Crippen LogP contribution in [0.25, 0.3) is 11.0 Å². The molecule has 0 amide bonds. The Balaban J connectivity index is 1.75. The van der Waals surface area contributed by atoms with Crippen molar-refractivity contribution < 1.29 is 23.5 Å². The van der Waals surface area contributed by atoms with Gasteiger partial charge in [0.15, 0.2) is 17.8 Å². The Hall–Kier alpha value is -3.12. The number of ketones is 1.